The van der Waals surface area contributed by atoms with Crippen LogP contribution < -0.4 is 19.1 Å². The summed E-state index contributed by atoms with van der Waals surface area (Å²) >= 11 is 0. The van der Waals surface area contributed by atoms with Gasteiger partial charge in [-0.05, 0) is 43.7 Å². The molecule has 0 aliphatic carbocycles. The summed E-state index contributed by atoms with van der Waals surface area (Å²) in [5.41, 5.74) is 1.26. The predicted molar refractivity (Wildman–Crippen MR) is 109 cm³/mol. The van der Waals surface area contributed by atoms with Crippen molar-refractivity contribution in [1.82, 2.24) is 5.32 Å². The molecule has 0 unspecified atom stereocenters. The summed E-state index contributed by atoms with van der Waals surface area (Å²) in [5.74, 6) is 0.856. The molecule has 7 nitrogen and oxygen atoms in total. The molecule has 0 aliphatic rings. The van der Waals surface area contributed by atoms with Gasteiger partial charge in [-0.15, -0.1) is 0 Å². The molecule has 0 fully saturated rings. The van der Waals surface area contributed by atoms with Crippen LogP contribution in [-0.4, -0.2) is 40.8 Å². The SMILES string of the molecule is CCOc1ccc([C@@H](C)NC(=O)CN(c2cccc(OC)c2)S(C)(=O)=O)cc1. The third kappa shape index (κ3) is 5.88. The number of nitrogens with zero attached hydrogens (tertiary/aromatic N) is 1. The van der Waals surface area contributed by atoms with Gasteiger partial charge in [-0.25, -0.2) is 8.42 Å². The van der Waals surface area contributed by atoms with E-state index in [9.17, 15) is 13.2 Å². The van der Waals surface area contributed by atoms with E-state index < -0.39 is 15.9 Å². The summed E-state index contributed by atoms with van der Waals surface area (Å²) in [6, 6.07) is 13.7. The summed E-state index contributed by atoms with van der Waals surface area (Å²) in [6.07, 6.45) is 1.07. The molecule has 0 spiro atoms. The molecule has 0 radical (unpaired) electrons. The van der Waals surface area contributed by atoms with Crippen molar-refractivity contribution in [2.75, 3.05) is 30.8 Å². The molecule has 2 aromatic carbocycles. The van der Waals surface area contributed by atoms with Crippen LogP contribution in [0.2, 0.25) is 0 Å². The van der Waals surface area contributed by atoms with Crippen LogP contribution in [0.5, 0.6) is 11.5 Å². The number of sulfonamides is 1. The van der Waals surface area contributed by atoms with Gasteiger partial charge >= 0.3 is 0 Å². The van der Waals surface area contributed by atoms with E-state index in [1.165, 1.54) is 7.11 Å². The summed E-state index contributed by atoms with van der Waals surface area (Å²) in [6.45, 7) is 4.00. The van der Waals surface area contributed by atoms with Crippen LogP contribution >= 0.6 is 0 Å². The standard InChI is InChI=1S/C20H26N2O5S/c1-5-27-18-11-9-16(10-12-18)15(2)21-20(23)14-22(28(4,24)25)17-7-6-8-19(13-17)26-3/h6-13,15H,5,14H2,1-4H3,(H,21,23)/t15-/m1/s1. The maximum absolute atomic E-state index is 12.5. The Balaban J connectivity index is 2.10. The normalized spacial score (nSPS) is 12.1. The van der Waals surface area contributed by atoms with Crippen molar-refractivity contribution in [3.8, 4) is 11.5 Å². The lowest BCUT2D eigenvalue weighted by Gasteiger charge is -2.23. The van der Waals surface area contributed by atoms with Crippen molar-refractivity contribution in [1.29, 1.82) is 0 Å². The van der Waals surface area contributed by atoms with Crippen LogP contribution in [0.3, 0.4) is 0 Å². The van der Waals surface area contributed by atoms with Crippen LogP contribution in [-0.2, 0) is 14.8 Å². The zero-order chi connectivity index (χ0) is 20.7. The molecule has 8 heteroatoms. The van der Waals surface area contributed by atoms with Crippen molar-refractivity contribution in [3.63, 3.8) is 0 Å². The number of hydrogen-bond acceptors (Lipinski definition) is 5. The lowest BCUT2D eigenvalue weighted by atomic mass is 10.1. The zero-order valence-electron chi connectivity index (χ0n) is 16.5. The fourth-order valence-corrected chi connectivity index (χ4v) is 3.53. The Bertz CT molecular complexity index is 897. The van der Waals surface area contributed by atoms with Crippen molar-refractivity contribution < 1.29 is 22.7 Å². The van der Waals surface area contributed by atoms with Gasteiger partial charge < -0.3 is 14.8 Å². The molecule has 0 heterocycles. The van der Waals surface area contributed by atoms with Crippen LogP contribution in [0.1, 0.15) is 25.5 Å². The van der Waals surface area contributed by atoms with E-state index in [2.05, 4.69) is 5.32 Å². The van der Waals surface area contributed by atoms with Gasteiger partial charge in [0.1, 0.15) is 18.0 Å². The van der Waals surface area contributed by atoms with E-state index in [0.29, 0.717) is 18.0 Å². The lowest BCUT2D eigenvalue weighted by molar-refractivity contribution is -0.120. The highest BCUT2D eigenvalue weighted by atomic mass is 32.2. The molecule has 0 saturated heterocycles. The minimum atomic E-state index is -3.65. The molecule has 0 bridgehead atoms. The van der Waals surface area contributed by atoms with Crippen molar-refractivity contribution in [2.24, 2.45) is 0 Å². The monoisotopic (exact) mass is 406 g/mol. The van der Waals surface area contributed by atoms with Crippen LogP contribution in [0.25, 0.3) is 0 Å². The Morgan fingerprint density at radius 1 is 1.14 bits per heavy atom. The van der Waals surface area contributed by atoms with Crippen LogP contribution in [0, 0.1) is 0 Å². The molecule has 0 aromatic heterocycles. The average molecular weight is 407 g/mol. The molecular formula is C20H26N2O5S. The molecule has 2 rings (SSSR count). The maximum atomic E-state index is 12.5. The Morgan fingerprint density at radius 2 is 1.82 bits per heavy atom. The Morgan fingerprint density at radius 3 is 2.39 bits per heavy atom. The summed E-state index contributed by atoms with van der Waals surface area (Å²) in [5, 5.41) is 2.83. The van der Waals surface area contributed by atoms with E-state index in [-0.39, 0.29) is 12.6 Å². The molecule has 1 amide bonds. The number of rotatable bonds is 9. The fraction of sp³-hybridized carbons (Fsp3) is 0.350. The Hall–Kier alpha value is -2.74. The predicted octanol–water partition coefficient (Wildman–Crippen LogP) is 2.74. The Kier molecular flexibility index (Phi) is 7.28. The number of benzene rings is 2. The van der Waals surface area contributed by atoms with Crippen LogP contribution in [0.4, 0.5) is 5.69 Å². The van der Waals surface area contributed by atoms with E-state index in [4.69, 9.17) is 9.47 Å². The summed E-state index contributed by atoms with van der Waals surface area (Å²) in [7, 11) is -2.15. The van der Waals surface area contributed by atoms with Gasteiger partial charge in [0, 0.05) is 6.07 Å². The minimum absolute atomic E-state index is 0.283. The summed E-state index contributed by atoms with van der Waals surface area (Å²) < 4.78 is 36.0. The van der Waals surface area contributed by atoms with E-state index in [1.807, 2.05) is 38.1 Å². The van der Waals surface area contributed by atoms with Gasteiger partial charge in [-0.1, -0.05) is 18.2 Å². The van der Waals surface area contributed by atoms with Crippen LogP contribution in [0.15, 0.2) is 48.5 Å². The third-order valence-electron chi connectivity index (χ3n) is 4.10. The maximum Gasteiger partial charge on any atom is 0.241 e. The van der Waals surface area contributed by atoms with E-state index >= 15 is 0 Å². The molecule has 152 valence electrons. The number of carbonyl (C=O) groups is 1. The number of ether oxygens (including phenoxy) is 2. The zero-order valence-corrected chi connectivity index (χ0v) is 17.3. The van der Waals surface area contributed by atoms with Crippen molar-refractivity contribution in [2.45, 2.75) is 19.9 Å². The second-order valence-electron chi connectivity index (χ2n) is 6.26. The first kappa shape index (κ1) is 21.6. The van der Waals surface area contributed by atoms with Crippen molar-refractivity contribution in [3.05, 3.63) is 54.1 Å². The molecule has 28 heavy (non-hydrogen) atoms. The average Bonchev–Trinajstić information content (AvgIpc) is 2.66. The first-order chi connectivity index (χ1) is 13.2. The highest BCUT2D eigenvalue weighted by Gasteiger charge is 2.22. The smallest absolute Gasteiger partial charge is 0.241 e. The third-order valence-corrected chi connectivity index (χ3v) is 5.24. The Labute approximate surface area is 166 Å². The summed E-state index contributed by atoms with van der Waals surface area (Å²) in [4.78, 5) is 12.5. The second-order valence-corrected chi connectivity index (χ2v) is 8.17. The van der Waals surface area contributed by atoms with Gasteiger partial charge in [0.15, 0.2) is 0 Å². The van der Waals surface area contributed by atoms with E-state index in [1.54, 1.807) is 24.3 Å². The van der Waals surface area contributed by atoms with E-state index in [0.717, 1.165) is 21.9 Å². The highest BCUT2D eigenvalue weighted by Crippen LogP contribution is 2.23. The molecule has 2 aromatic rings. The number of anilines is 1. The lowest BCUT2D eigenvalue weighted by Crippen LogP contribution is -2.41. The van der Waals surface area contributed by atoms with Gasteiger partial charge in [0.2, 0.25) is 15.9 Å². The van der Waals surface area contributed by atoms with Crippen molar-refractivity contribution >= 4 is 21.6 Å². The second kappa shape index (κ2) is 9.45. The molecular weight excluding hydrogens is 380 g/mol. The van der Waals surface area contributed by atoms with Gasteiger partial charge in [-0.2, -0.15) is 0 Å². The number of nitrogens with one attached hydrogen (secondary N) is 1. The van der Waals surface area contributed by atoms with Gasteiger partial charge in [-0.3, -0.25) is 9.10 Å². The largest absolute Gasteiger partial charge is 0.497 e. The minimum Gasteiger partial charge on any atom is -0.497 e. The van der Waals surface area contributed by atoms with Gasteiger partial charge in [0.25, 0.3) is 0 Å². The molecule has 1 N–H and O–H groups in total. The quantitative estimate of drug-likeness (QED) is 0.692. The molecule has 0 saturated carbocycles. The number of amides is 1. The number of carbonyl (C=O) groups excluding carboxylic acids is 1. The number of methoxy groups -OCH3 is 1. The molecule has 1 atom stereocenters. The molecule has 0 aliphatic heterocycles. The topological polar surface area (TPSA) is 84.9 Å². The first-order valence-electron chi connectivity index (χ1n) is 8.88. The first-order valence-corrected chi connectivity index (χ1v) is 10.7. The highest BCUT2D eigenvalue weighted by molar-refractivity contribution is 7.92. The number of hydrogen-bond donors (Lipinski definition) is 1. The van der Waals surface area contributed by atoms with Gasteiger partial charge in [0.05, 0.1) is 31.7 Å². The fourth-order valence-electron chi connectivity index (χ4n) is 2.69.